The molecular formula is C17H24N2O2. The summed E-state index contributed by atoms with van der Waals surface area (Å²) in [5.74, 6) is -0.0781. The van der Waals surface area contributed by atoms with Crippen molar-refractivity contribution in [3.05, 3.63) is 35.9 Å². The van der Waals surface area contributed by atoms with E-state index in [1.165, 1.54) is 5.56 Å². The highest BCUT2D eigenvalue weighted by Gasteiger charge is 2.35. The van der Waals surface area contributed by atoms with Crippen LogP contribution in [0.5, 0.6) is 0 Å². The summed E-state index contributed by atoms with van der Waals surface area (Å²) in [6.07, 6.45) is 2.23. The maximum absolute atomic E-state index is 12.1. The van der Waals surface area contributed by atoms with Crippen LogP contribution in [-0.2, 0) is 16.0 Å². The molecule has 114 valence electrons. The molecule has 1 atom stereocenters. The third-order valence-corrected chi connectivity index (χ3v) is 3.94. The van der Waals surface area contributed by atoms with Crippen LogP contribution in [0.3, 0.4) is 0 Å². The Balaban J connectivity index is 1.70. The Morgan fingerprint density at radius 2 is 2.05 bits per heavy atom. The Kier molecular flexibility index (Phi) is 5.37. The van der Waals surface area contributed by atoms with Crippen LogP contribution in [0.25, 0.3) is 0 Å². The van der Waals surface area contributed by atoms with Crippen LogP contribution in [0.2, 0.25) is 0 Å². The number of hydrogen-bond donors (Lipinski definition) is 1. The third kappa shape index (κ3) is 4.31. The molecule has 1 saturated heterocycles. The molecule has 0 saturated carbocycles. The molecule has 1 fully saturated rings. The largest absolute Gasteiger partial charge is 0.356 e. The standard InChI is InChI=1S/C17H24N2O2/c1-13(2)19-12-15(11-16(19)20)17(21)18-10-6-9-14-7-4-3-5-8-14/h3-5,7-8,13,15H,6,9-12H2,1-2H3,(H,18,21). The van der Waals surface area contributed by atoms with Crippen molar-refractivity contribution >= 4 is 11.8 Å². The van der Waals surface area contributed by atoms with E-state index in [2.05, 4.69) is 17.4 Å². The molecule has 0 aromatic heterocycles. The molecule has 1 aliphatic rings. The molecule has 1 aromatic carbocycles. The Hall–Kier alpha value is -1.84. The molecule has 21 heavy (non-hydrogen) atoms. The SMILES string of the molecule is CC(C)N1CC(C(=O)NCCCc2ccccc2)CC1=O. The minimum Gasteiger partial charge on any atom is -0.356 e. The van der Waals surface area contributed by atoms with Crippen LogP contribution in [0, 0.1) is 5.92 Å². The van der Waals surface area contributed by atoms with Crippen LogP contribution >= 0.6 is 0 Å². The van der Waals surface area contributed by atoms with Gasteiger partial charge in [-0.25, -0.2) is 0 Å². The first-order valence-corrected chi connectivity index (χ1v) is 7.69. The van der Waals surface area contributed by atoms with E-state index in [-0.39, 0.29) is 23.8 Å². The van der Waals surface area contributed by atoms with Gasteiger partial charge >= 0.3 is 0 Å². The van der Waals surface area contributed by atoms with Crippen LogP contribution in [0.15, 0.2) is 30.3 Å². The number of carbonyl (C=O) groups excluding carboxylic acids is 2. The maximum Gasteiger partial charge on any atom is 0.225 e. The van der Waals surface area contributed by atoms with Gasteiger partial charge in [0, 0.05) is 25.6 Å². The Bertz CT molecular complexity index is 485. The molecule has 0 aliphatic carbocycles. The number of nitrogens with zero attached hydrogens (tertiary/aromatic N) is 1. The van der Waals surface area contributed by atoms with E-state index in [9.17, 15) is 9.59 Å². The van der Waals surface area contributed by atoms with Gasteiger partial charge in [0.25, 0.3) is 0 Å². The fraction of sp³-hybridized carbons (Fsp3) is 0.529. The van der Waals surface area contributed by atoms with E-state index in [1.54, 1.807) is 4.90 Å². The highest BCUT2D eigenvalue weighted by molar-refractivity contribution is 5.89. The lowest BCUT2D eigenvalue weighted by atomic mass is 10.1. The number of hydrogen-bond acceptors (Lipinski definition) is 2. The van der Waals surface area contributed by atoms with Crippen LogP contribution in [-0.4, -0.2) is 35.8 Å². The highest BCUT2D eigenvalue weighted by atomic mass is 16.2. The lowest BCUT2D eigenvalue weighted by Gasteiger charge is -2.20. The van der Waals surface area contributed by atoms with E-state index in [1.807, 2.05) is 32.0 Å². The second-order valence-corrected chi connectivity index (χ2v) is 5.92. The van der Waals surface area contributed by atoms with Crippen LogP contribution < -0.4 is 5.32 Å². The number of likely N-dealkylation sites (tertiary alicyclic amines) is 1. The molecular weight excluding hydrogens is 264 g/mol. The second kappa shape index (κ2) is 7.25. The van der Waals surface area contributed by atoms with Crippen LogP contribution in [0.1, 0.15) is 32.3 Å². The van der Waals surface area contributed by atoms with Crippen molar-refractivity contribution < 1.29 is 9.59 Å². The van der Waals surface area contributed by atoms with E-state index < -0.39 is 0 Å². The number of benzene rings is 1. The molecule has 0 radical (unpaired) electrons. The van der Waals surface area contributed by atoms with E-state index in [0.29, 0.717) is 19.5 Å². The molecule has 1 N–H and O–H groups in total. The zero-order chi connectivity index (χ0) is 15.2. The zero-order valence-electron chi connectivity index (χ0n) is 12.8. The predicted molar refractivity (Wildman–Crippen MR) is 82.7 cm³/mol. The summed E-state index contributed by atoms with van der Waals surface area (Å²) in [5.41, 5.74) is 1.29. The molecule has 0 bridgehead atoms. The number of nitrogens with one attached hydrogen (secondary N) is 1. The minimum atomic E-state index is -0.184. The summed E-state index contributed by atoms with van der Waals surface area (Å²) in [7, 11) is 0. The quantitative estimate of drug-likeness (QED) is 0.814. The van der Waals surface area contributed by atoms with Gasteiger partial charge in [-0.05, 0) is 32.3 Å². The molecule has 2 amide bonds. The van der Waals surface area contributed by atoms with E-state index in [0.717, 1.165) is 12.8 Å². The fourth-order valence-corrected chi connectivity index (χ4v) is 2.70. The summed E-state index contributed by atoms with van der Waals surface area (Å²) in [6.45, 7) is 5.19. The second-order valence-electron chi connectivity index (χ2n) is 5.92. The molecule has 0 spiro atoms. The van der Waals surface area contributed by atoms with Gasteiger partial charge in [0.1, 0.15) is 0 Å². The number of carbonyl (C=O) groups is 2. The van der Waals surface area contributed by atoms with Gasteiger partial charge in [-0.2, -0.15) is 0 Å². The van der Waals surface area contributed by atoms with E-state index >= 15 is 0 Å². The average molecular weight is 288 g/mol. The van der Waals surface area contributed by atoms with Gasteiger partial charge < -0.3 is 10.2 Å². The monoisotopic (exact) mass is 288 g/mol. The average Bonchev–Trinajstić information content (AvgIpc) is 2.87. The van der Waals surface area contributed by atoms with Crippen molar-refractivity contribution in [1.82, 2.24) is 10.2 Å². The molecule has 4 nitrogen and oxygen atoms in total. The molecule has 1 aromatic rings. The lowest BCUT2D eigenvalue weighted by molar-refractivity contribution is -0.129. The Morgan fingerprint density at radius 3 is 2.67 bits per heavy atom. The zero-order valence-corrected chi connectivity index (χ0v) is 12.8. The Morgan fingerprint density at radius 1 is 1.33 bits per heavy atom. The van der Waals surface area contributed by atoms with Crippen molar-refractivity contribution in [3.63, 3.8) is 0 Å². The van der Waals surface area contributed by atoms with Crippen molar-refractivity contribution in [2.24, 2.45) is 5.92 Å². The van der Waals surface area contributed by atoms with Gasteiger partial charge in [-0.15, -0.1) is 0 Å². The summed E-state index contributed by atoms with van der Waals surface area (Å²) >= 11 is 0. The first kappa shape index (κ1) is 15.5. The summed E-state index contributed by atoms with van der Waals surface area (Å²) < 4.78 is 0. The highest BCUT2D eigenvalue weighted by Crippen LogP contribution is 2.20. The number of amides is 2. The molecule has 2 rings (SSSR count). The first-order chi connectivity index (χ1) is 10.1. The molecule has 1 heterocycles. The lowest BCUT2D eigenvalue weighted by Crippen LogP contribution is -2.35. The fourth-order valence-electron chi connectivity index (χ4n) is 2.70. The smallest absolute Gasteiger partial charge is 0.225 e. The van der Waals surface area contributed by atoms with Crippen molar-refractivity contribution in [2.45, 2.75) is 39.2 Å². The third-order valence-electron chi connectivity index (χ3n) is 3.94. The molecule has 4 heteroatoms. The van der Waals surface area contributed by atoms with Crippen LogP contribution in [0.4, 0.5) is 0 Å². The van der Waals surface area contributed by atoms with Crippen molar-refractivity contribution in [2.75, 3.05) is 13.1 Å². The van der Waals surface area contributed by atoms with Gasteiger partial charge in [-0.3, -0.25) is 9.59 Å². The number of aryl methyl sites for hydroxylation is 1. The first-order valence-electron chi connectivity index (χ1n) is 7.69. The summed E-state index contributed by atoms with van der Waals surface area (Å²) in [4.78, 5) is 25.7. The summed E-state index contributed by atoms with van der Waals surface area (Å²) in [5, 5.41) is 2.96. The molecule has 1 unspecified atom stereocenters. The van der Waals surface area contributed by atoms with Gasteiger partial charge in [0.15, 0.2) is 0 Å². The maximum atomic E-state index is 12.1. The predicted octanol–water partition coefficient (Wildman–Crippen LogP) is 1.99. The van der Waals surface area contributed by atoms with Crippen molar-refractivity contribution in [3.8, 4) is 0 Å². The van der Waals surface area contributed by atoms with E-state index in [4.69, 9.17) is 0 Å². The minimum absolute atomic E-state index is 0.0135. The van der Waals surface area contributed by atoms with Gasteiger partial charge in [0.05, 0.1) is 5.92 Å². The number of rotatable bonds is 6. The van der Waals surface area contributed by atoms with Crippen molar-refractivity contribution in [1.29, 1.82) is 0 Å². The normalized spacial score (nSPS) is 18.3. The topological polar surface area (TPSA) is 49.4 Å². The van der Waals surface area contributed by atoms with Gasteiger partial charge in [-0.1, -0.05) is 30.3 Å². The Labute approximate surface area is 126 Å². The molecule has 1 aliphatic heterocycles. The summed E-state index contributed by atoms with van der Waals surface area (Å²) in [6, 6.07) is 10.4. The van der Waals surface area contributed by atoms with Gasteiger partial charge in [0.2, 0.25) is 11.8 Å².